The maximum atomic E-state index is 12.3. The molecule has 1 aromatic rings. The molecule has 2 heterocycles. The van der Waals surface area contributed by atoms with Crippen molar-refractivity contribution in [3.63, 3.8) is 0 Å². The molecule has 3 rings (SSSR count). The van der Waals surface area contributed by atoms with Gasteiger partial charge in [-0.2, -0.15) is 0 Å². The Balaban J connectivity index is 1.73. The molecule has 1 fully saturated rings. The fraction of sp³-hybridized carbons (Fsp3) is 0.476. The van der Waals surface area contributed by atoms with Gasteiger partial charge in [0.2, 0.25) is 5.91 Å². The van der Waals surface area contributed by atoms with E-state index >= 15 is 0 Å². The first-order chi connectivity index (χ1) is 13.8. The van der Waals surface area contributed by atoms with E-state index in [1.165, 1.54) is 7.11 Å². The highest BCUT2D eigenvalue weighted by Crippen LogP contribution is 2.42. The van der Waals surface area contributed by atoms with Gasteiger partial charge in [-0.05, 0) is 39.2 Å². The van der Waals surface area contributed by atoms with E-state index < -0.39 is 12.1 Å². The molecule has 2 amide bonds. The van der Waals surface area contributed by atoms with Crippen LogP contribution in [0.2, 0.25) is 0 Å². The van der Waals surface area contributed by atoms with Gasteiger partial charge in [-0.15, -0.1) is 0 Å². The van der Waals surface area contributed by atoms with Gasteiger partial charge in [-0.1, -0.05) is 11.6 Å². The van der Waals surface area contributed by atoms with Gasteiger partial charge in [0.05, 0.1) is 13.2 Å². The van der Waals surface area contributed by atoms with Gasteiger partial charge in [0, 0.05) is 17.5 Å². The van der Waals surface area contributed by atoms with Gasteiger partial charge >= 0.3 is 12.1 Å². The van der Waals surface area contributed by atoms with Crippen LogP contribution in [0.4, 0.5) is 4.79 Å². The lowest BCUT2D eigenvalue weighted by molar-refractivity contribution is -0.128. The van der Waals surface area contributed by atoms with E-state index in [2.05, 4.69) is 0 Å². The van der Waals surface area contributed by atoms with Crippen molar-refractivity contribution >= 4 is 18.0 Å². The number of imide groups is 1. The lowest BCUT2D eigenvalue weighted by atomic mass is 9.94. The van der Waals surface area contributed by atoms with Crippen LogP contribution < -0.4 is 4.74 Å². The molecule has 0 radical (unpaired) electrons. The van der Waals surface area contributed by atoms with Crippen molar-refractivity contribution in [1.29, 1.82) is 0 Å². The first-order valence-corrected chi connectivity index (χ1v) is 9.49. The minimum absolute atomic E-state index is 0.124. The number of hydrogen-bond acceptors (Lipinski definition) is 7. The van der Waals surface area contributed by atoms with Crippen molar-refractivity contribution in [2.24, 2.45) is 0 Å². The number of allylic oxidation sites excluding steroid dienone is 2. The standard InChI is InChI=1S/C21H25NO7/c1-11(6-8-16(23)22-12(2)9-29-21(22)26)5-7-14-18(24)17-15(10-28-20(17)25)13(3)19(14)27-4/h5,12,24H,6-10H2,1-4H3/t12-/m0/s1. The average Bonchev–Trinajstić information content (AvgIpc) is 3.23. The minimum atomic E-state index is -0.598. The predicted molar refractivity (Wildman–Crippen MR) is 103 cm³/mol. The molecule has 0 aliphatic carbocycles. The van der Waals surface area contributed by atoms with Crippen molar-refractivity contribution in [3.8, 4) is 11.5 Å². The Kier molecular flexibility index (Phi) is 5.81. The van der Waals surface area contributed by atoms with E-state index in [-0.39, 0.29) is 42.9 Å². The van der Waals surface area contributed by atoms with Gasteiger partial charge < -0.3 is 19.3 Å². The summed E-state index contributed by atoms with van der Waals surface area (Å²) in [7, 11) is 1.51. The molecular formula is C21H25NO7. The van der Waals surface area contributed by atoms with Crippen molar-refractivity contribution in [2.75, 3.05) is 13.7 Å². The second-order valence-electron chi connectivity index (χ2n) is 7.36. The normalized spacial score (nSPS) is 18.6. The van der Waals surface area contributed by atoms with Crippen LogP contribution in [0.5, 0.6) is 11.5 Å². The number of benzene rings is 1. The maximum Gasteiger partial charge on any atom is 0.416 e. The number of rotatable bonds is 6. The molecule has 0 spiro atoms. The van der Waals surface area contributed by atoms with Crippen molar-refractivity contribution in [2.45, 2.75) is 52.7 Å². The van der Waals surface area contributed by atoms with E-state index in [0.717, 1.165) is 16.0 Å². The molecule has 0 bridgehead atoms. The molecule has 0 aromatic heterocycles. The van der Waals surface area contributed by atoms with Gasteiger partial charge in [0.25, 0.3) is 0 Å². The Labute approximate surface area is 169 Å². The minimum Gasteiger partial charge on any atom is -0.507 e. The number of cyclic esters (lactones) is 2. The number of methoxy groups -OCH3 is 1. The number of aromatic hydroxyl groups is 1. The van der Waals surface area contributed by atoms with E-state index in [0.29, 0.717) is 29.7 Å². The van der Waals surface area contributed by atoms with Crippen molar-refractivity contribution < 1.29 is 33.7 Å². The average molecular weight is 403 g/mol. The molecule has 156 valence electrons. The number of phenolic OH excluding ortho intramolecular Hbond substituents is 1. The summed E-state index contributed by atoms with van der Waals surface area (Å²) < 4.78 is 15.4. The third-order valence-electron chi connectivity index (χ3n) is 5.39. The smallest absolute Gasteiger partial charge is 0.416 e. The molecular weight excluding hydrogens is 378 g/mol. The monoisotopic (exact) mass is 403 g/mol. The molecule has 0 unspecified atom stereocenters. The number of amides is 2. The first-order valence-electron chi connectivity index (χ1n) is 9.49. The lowest BCUT2D eigenvalue weighted by Gasteiger charge is -2.16. The van der Waals surface area contributed by atoms with Gasteiger partial charge in [0.1, 0.15) is 30.3 Å². The number of nitrogens with zero attached hydrogens (tertiary/aromatic N) is 1. The number of esters is 1. The Hall–Kier alpha value is -3.03. The number of phenols is 1. The topological polar surface area (TPSA) is 102 Å². The number of carbonyl (C=O) groups excluding carboxylic acids is 3. The summed E-state index contributed by atoms with van der Waals surface area (Å²) >= 11 is 0. The third-order valence-corrected chi connectivity index (χ3v) is 5.39. The molecule has 1 saturated heterocycles. The van der Waals surface area contributed by atoms with E-state index in [4.69, 9.17) is 14.2 Å². The van der Waals surface area contributed by atoms with E-state index in [9.17, 15) is 19.5 Å². The van der Waals surface area contributed by atoms with Crippen molar-refractivity contribution in [3.05, 3.63) is 33.9 Å². The predicted octanol–water partition coefficient (Wildman–Crippen LogP) is 3.02. The van der Waals surface area contributed by atoms with E-state index in [1.54, 1.807) is 6.92 Å². The number of fused-ring (bicyclic) bond motifs is 1. The summed E-state index contributed by atoms with van der Waals surface area (Å²) in [5.74, 6) is -0.418. The highest BCUT2D eigenvalue weighted by atomic mass is 16.6. The zero-order valence-electron chi connectivity index (χ0n) is 17.0. The van der Waals surface area contributed by atoms with Crippen LogP contribution in [0.1, 0.15) is 53.7 Å². The Bertz CT molecular complexity index is 903. The van der Waals surface area contributed by atoms with Crippen molar-refractivity contribution in [1.82, 2.24) is 4.90 Å². The lowest BCUT2D eigenvalue weighted by Crippen LogP contribution is -2.37. The van der Waals surface area contributed by atoms with Crippen LogP contribution >= 0.6 is 0 Å². The number of ether oxygens (including phenoxy) is 3. The molecule has 0 saturated carbocycles. The molecule has 2 aliphatic rings. The quantitative estimate of drug-likeness (QED) is 0.575. The summed E-state index contributed by atoms with van der Waals surface area (Å²) in [4.78, 5) is 37.0. The zero-order valence-corrected chi connectivity index (χ0v) is 17.0. The van der Waals surface area contributed by atoms with Crippen LogP contribution in [0.25, 0.3) is 0 Å². The maximum absolute atomic E-state index is 12.3. The van der Waals surface area contributed by atoms with Crippen LogP contribution in [0.3, 0.4) is 0 Å². The Morgan fingerprint density at radius 2 is 2.03 bits per heavy atom. The summed E-state index contributed by atoms with van der Waals surface area (Å²) in [5, 5.41) is 10.6. The molecule has 29 heavy (non-hydrogen) atoms. The summed E-state index contributed by atoms with van der Waals surface area (Å²) in [5.41, 5.74) is 3.03. The summed E-state index contributed by atoms with van der Waals surface area (Å²) in [6.45, 7) is 5.81. The molecule has 1 N–H and O–H groups in total. The molecule has 2 aliphatic heterocycles. The fourth-order valence-electron chi connectivity index (χ4n) is 3.69. The summed E-state index contributed by atoms with van der Waals surface area (Å²) in [6.07, 6.45) is 2.26. The van der Waals surface area contributed by atoms with Gasteiger partial charge in [-0.25, -0.2) is 14.5 Å². The summed E-state index contributed by atoms with van der Waals surface area (Å²) in [6, 6.07) is -0.255. The van der Waals surface area contributed by atoms with Crippen LogP contribution in [-0.4, -0.2) is 47.7 Å². The Morgan fingerprint density at radius 1 is 1.31 bits per heavy atom. The fourth-order valence-corrected chi connectivity index (χ4v) is 3.69. The van der Waals surface area contributed by atoms with Gasteiger partial charge in [-0.3, -0.25) is 4.79 Å². The molecule has 8 heteroatoms. The zero-order chi connectivity index (χ0) is 21.3. The molecule has 1 aromatic carbocycles. The number of carbonyl (C=O) groups is 3. The number of hydrogen-bond donors (Lipinski definition) is 1. The van der Waals surface area contributed by atoms with E-state index in [1.807, 2.05) is 19.9 Å². The third kappa shape index (κ3) is 3.79. The van der Waals surface area contributed by atoms with Crippen LogP contribution in [0, 0.1) is 6.92 Å². The first kappa shape index (κ1) is 20.7. The molecule has 1 atom stereocenters. The highest BCUT2D eigenvalue weighted by molar-refractivity contribution is 5.98. The Morgan fingerprint density at radius 3 is 2.66 bits per heavy atom. The molecule has 8 nitrogen and oxygen atoms in total. The van der Waals surface area contributed by atoms with Gasteiger partial charge in [0.15, 0.2) is 0 Å². The largest absolute Gasteiger partial charge is 0.507 e. The highest BCUT2D eigenvalue weighted by Gasteiger charge is 2.34. The van der Waals surface area contributed by atoms with Crippen LogP contribution in [-0.2, 0) is 27.3 Å². The SMILES string of the molecule is COc1c(C)c2c(c(O)c1CC=C(C)CCC(=O)N1C(=O)OC[C@@H]1C)C(=O)OC2. The second-order valence-corrected chi connectivity index (χ2v) is 7.36. The second kappa shape index (κ2) is 8.14. The van der Waals surface area contributed by atoms with Crippen LogP contribution in [0.15, 0.2) is 11.6 Å².